The van der Waals surface area contributed by atoms with Gasteiger partial charge in [-0.15, -0.1) is 11.8 Å². The van der Waals surface area contributed by atoms with Gasteiger partial charge in [-0.2, -0.15) is 0 Å². The molecule has 1 N–H and O–H groups in total. The molecule has 4 nitrogen and oxygen atoms in total. The second-order valence-electron chi connectivity index (χ2n) is 7.73. The zero-order valence-corrected chi connectivity index (χ0v) is 19.7. The van der Waals surface area contributed by atoms with Gasteiger partial charge in [-0.25, -0.2) is 0 Å². The van der Waals surface area contributed by atoms with Gasteiger partial charge in [-0.3, -0.25) is 14.5 Å². The molecule has 6 heteroatoms. The summed E-state index contributed by atoms with van der Waals surface area (Å²) in [5.41, 5.74) is 4.49. The first-order valence-electron chi connectivity index (χ1n) is 10.1. The van der Waals surface area contributed by atoms with Crippen LogP contribution in [0.1, 0.15) is 46.6 Å². The van der Waals surface area contributed by atoms with Crippen molar-refractivity contribution in [2.45, 2.75) is 25.1 Å². The summed E-state index contributed by atoms with van der Waals surface area (Å²) in [6.45, 7) is 4.29. The molecule has 1 saturated heterocycles. The smallest absolute Gasteiger partial charge is 0.255 e. The number of anilines is 2. The maximum Gasteiger partial charge on any atom is 0.255 e. The van der Waals surface area contributed by atoms with Crippen LogP contribution in [0, 0.1) is 0 Å². The number of amides is 2. The SMILES string of the molecule is CC(C)c1ccccc1N1C(=O)CS[C@H]1c1ccc(NC(=O)c2cccc(Br)c2)cc1. The molecule has 1 aliphatic heterocycles. The van der Waals surface area contributed by atoms with Crippen molar-refractivity contribution in [2.24, 2.45) is 0 Å². The molecular formula is C25H23BrN2O2S. The molecule has 1 aliphatic rings. The predicted octanol–water partition coefficient (Wildman–Crippen LogP) is 6.60. The Morgan fingerprint density at radius 2 is 1.81 bits per heavy atom. The Morgan fingerprint density at radius 3 is 2.52 bits per heavy atom. The third-order valence-electron chi connectivity index (χ3n) is 5.23. The minimum absolute atomic E-state index is 0.0813. The number of benzene rings is 3. The fourth-order valence-corrected chi connectivity index (χ4v) is 5.26. The number of carbonyl (C=O) groups is 2. The summed E-state index contributed by atoms with van der Waals surface area (Å²) in [6, 6.07) is 23.1. The summed E-state index contributed by atoms with van der Waals surface area (Å²) in [5.74, 6) is 0.742. The zero-order valence-electron chi connectivity index (χ0n) is 17.3. The fraction of sp³-hybridized carbons (Fsp3) is 0.200. The first kappa shape index (κ1) is 21.7. The van der Waals surface area contributed by atoms with Crippen molar-refractivity contribution in [1.82, 2.24) is 0 Å². The highest BCUT2D eigenvalue weighted by Crippen LogP contribution is 2.44. The Labute approximate surface area is 195 Å². The van der Waals surface area contributed by atoms with E-state index in [0.717, 1.165) is 21.4 Å². The van der Waals surface area contributed by atoms with Crippen LogP contribution in [0.4, 0.5) is 11.4 Å². The second kappa shape index (κ2) is 9.28. The van der Waals surface area contributed by atoms with E-state index in [-0.39, 0.29) is 17.2 Å². The van der Waals surface area contributed by atoms with Crippen LogP contribution < -0.4 is 10.2 Å². The highest BCUT2D eigenvalue weighted by atomic mass is 79.9. The lowest BCUT2D eigenvalue weighted by atomic mass is 10.00. The fourth-order valence-electron chi connectivity index (χ4n) is 3.69. The third-order valence-corrected chi connectivity index (χ3v) is 6.93. The molecule has 0 spiro atoms. The monoisotopic (exact) mass is 494 g/mol. The van der Waals surface area contributed by atoms with Crippen molar-refractivity contribution in [2.75, 3.05) is 16.0 Å². The van der Waals surface area contributed by atoms with Gasteiger partial charge in [0.2, 0.25) is 5.91 Å². The summed E-state index contributed by atoms with van der Waals surface area (Å²) in [5, 5.41) is 2.85. The van der Waals surface area contributed by atoms with Crippen molar-refractivity contribution in [3.8, 4) is 0 Å². The lowest BCUT2D eigenvalue weighted by molar-refractivity contribution is -0.115. The summed E-state index contributed by atoms with van der Waals surface area (Å²) in [4.78, 5) is 27.2. The molecular weight excluding hydrogens is 472 g/mol. The van der Waals surface area contributed by atoms with Crippen LogP contribution in [-0.4, -0.2) is 17.6 Å². The van der Waals surface area contributed by atoms with E-state index in [1.165, 1.54) is 5.56 Å². The molecule has 1 fully saturated rings. The summed E-state index contributed by atoms with van der Waals surface area (Å²) in [7, 11) is 0. The molecule has 2 amide bonds. The number of para-hydroxylation sites is 1. The van der Waals surface area contributed by atoms with Gasteiger partial charge >= 0.3 is 0 Å². The zero-order chi connectivity index (χ0) is 22.0. The topological polar surface area (TPSA) is 49.4 Å². The molecule has 158 valence electrons. The highest BCUT2D eigenvalue weighted by molar-refractivity contribution is 9.10. The molecule has 31 heavy (non-hydrogen) atoms. The quantitative estimate of drug-likeness (QED) is 0.434. The Morgan fingerprint density at radius 1 is 1.06 bits per heavy atom. The Balaban J connectivity index is 1.56. The highest BCUT2D eigenvalue weighted by Gasteiger charge is 2.35. The molecule has 3 aromatic carbocycles. The van der Waals surface area contributed by atoms with E-state index in [9.17, 15) is 9.59 Å². The number of nitrogens with one attached hydrogen (secondary N) is 1. The lowest BCUT2D eigenvalue weighted by Gasteiger charge is -2.27. The number of halogens is 1. The Kier molecular flexibility index (Phi) is 6.49. The van der Waals surface area contributed by atoms with Gasteiger partial charge < -0.3 is 5.32 Å². The van der Waals surface area contributed by atoms with Crippen LogP contribution in [-0.2, 0) is 4.79 Å². The normalized spacial score (nSPS) is 16.1. The van der Waals surface area contributed by atoms with Gasteiger partial charge in [-0.05, 0) is 53.4 Å². The molecule has 4 rings (SSSR count). The van der Waals surface area contributed by atoms with Crippen molar-refractivity contribution in [3.05, 3.63) is 94.0 Å². The van der Waals surface area contributed by atoms with Crippen molar-refractivity contribution in [1.29, 1.82) is 0 Å². The molecule has 0 bridgehead atoms. The molecule has 0 radical (unpaired) electrons. The third kappa shape index (κ3) is 4.70. The summed E-state index contributed by atoms with van der Waals surface area (Å²) in [6.07, 6.45) is 0. The molecule has 1 atom stereocenters. The number of thioether (sulfide) groups is 1. The molecule has 0 saturated carbocycles. The van der Waals surface area contributed by atoms with Crippen LogP contribution in [0.2, 0.25) is 0 Å². The van der Waals surface area contributed by atoms with Gasteiger partial charge in [0.15, 0.2) is 0 Å². The van der Waals surface area contributed by atoms with Gasteiger partial charge in [0.05, 0.1) is 5.75 Å². The number of nitrogens with zero attached hydrogens (tertiary/aromatic N) is 1. The van der Waals surface area contributed by atoms with Crippen molar-refractivity contribution in [3.63, 3.8) is 0 Å². The van der Waals surface area contributed by atoms with E-state index in [1.807, 2.05) is 59.5 Å². The number of hydrogen-bond donors (Lipinski definition) is 1. The van der Waals surface area contributed by atoms with E-state index < -0.39 is 0 Å². The van der Waals surface area contributed by atoms with E-state index in [4.69, 9.17) is 0 Å². The van der Waals surface area contributed by atoms with Gasteiger partial charge in [0, 0.05) is 21.4 Å². The lowest BCUT2D eigenvalue weighted by Crippen LogP contribution is -2.29. The molecule has 1 heterocycles. The minimum Gasteiger partial charge on any atom is -0.322 e. The number of carbonyl (C=O) groups excluding carboxylic acids is 2. The van der Waals surface area contributed by atoms with Crippen LogP contribution >= 0.6 is 27.7 Å². The number of rotatable bonds is 5. The average molecular weight is 495 g/mol. The van der Waals surface area contributed by atoms with E-state index in [1.54, 1.807) is 23.9 Å². The number of hydrogen-bond acceptors (Lipinski definition) is 3. The van der Waals surface area contributed by atoms with Crippen molar-refractivity contribution >= 4 is 50.9 Å². The molecule has 0 aromatic heterocycles. The standard InChI is InChI=1S/C25H23BrN2O2S/c1-16(2)21-8-3-4-9-22(21)28-23(29)15-31-25(28)17-10-12-20(13-11-17)27-24(30)18-6-5-7-19(26)14-18/h3-14,16,25H,15H2,1-2H3,(H,27,30)/t25-/m0/s1. The van der Waals surface area contributed by atoms with E-state index in [0.29, 0.717) is 17.2 Å². The Hall–Kier alpha value is -2.57. The summed E-state index contributed by atoms with van der Waals surface area (Å²) < 4.78 is 0.861. The maximum atomic E-state index is 12.8. The van der Waals surface area contributed by atoms with Crippen LogP contribution in [0.5, 0.6) is 0 Å². The van der Waals surface area contributed by atoms with E-state index >= 15 is 0 Å². The van der Waals surface area contributed by atoms with Crippen LogP contribution in [0.3, 0.4) is 0 Å². The first-order valence-corrected chi connectivity index (χ1v) is 12.0. The van der Waals surface area contributed by atoms with Gasteiger partial charge in [-0.1, -0.05) is 66.2 Å². The molecule has 0 aliphatic carbocycles. The van der Waals surface area contributed by atoms with Crippen LogP contribution in [0.25, 0.3) is 0 Å². The predicted molar refractivity (Wildman–Crippen MR) is 132 cm³/mol. The van der Waals surface area contributed by atoms with Gasteiger partial charge in [0.1, 0.15) is 5.37 Å². The van der Waals surface area contributed by atoms with Crippen molar-refractivity contribution < 1.29 is 9.59 Å². The maximum absolute atomic E-state index is 12.8. The molecule has 0 unspecified atom stereocenters. The minimum atomic E-state index is -0.160. The van der Waals surface area contributed by atoms with Crippen LogP contribution in [0.15, 0.2) is 77.3 Å². The van der Waals surface area contributed by atoms with Gasteiger partial charge in [0.25, 0.3) is 5.91 Å². The largest absolute Gasteiger partial charge is 0.322 e. The van der Waals surface area contributed by atoms with E-state index in [2.05, 4.69) is 41.2 Å². The Bertz CT molecular complexity index is 1110. The average Bonchev–Trinajstić information content (AvgIpc) is 3.15. The first-order chi connectivity index (χ1) is 14.9. The molecule has 3 aromatic rings. The summed E-state index contributed by atoms with van der Waals surface area (Å²) >= 11 is 5.02. The second-order valence-corrected chi connectivity index (χ2v) is 9.71.